The first-order valence-electron chi connectivity index (χ1n) is 11.1. The lowest BCUT2D eigenvalue weighted by Gasteiger charge is -2.21. The molecule has 0 aromatic heterocycles. The Morgan fingerprint density at radius 3 is 2.03 bits per heavy atom. The van der Waals surface area contributed by atoms with Crippen molar-refractivity contribution in [3.05, 3.63) is 34.9 Å². The predicted octanol–water partition coefficient (Wildman–Crippen LogP) is 4.40. The first-order valence-corrected chi connectivity index (χ1v) is 11.1. The Balaban J connectivity index is 3.38. The van der Waals surface area contributed by atoms with Gasteiger partial charge in [0.15, 0.2) is 0 Å². The summed E-state index contributed by atoms with van der Waals surface area (Å²) in [5, 5.41) is 9.16. The van der Waals surface area contributed by atoms with E-state index in [1.54, 1.807) is 18.2 Å². The fraction of sp³-hybridized carbons (Fsp3) is 0.500. The van der Waals surface area contributed by atoms with Crippen LogP contribution in [0.25, 0.3) is 6.08 Å². The fourth-order valence-electron chi connectivity index (χ4n) is 2.79. The van der Waals surface area contributed by atoms with Crippen LogP contribution in [0, 0.1) is 0 Å². The van der Waals surface area contributed by atoms with E-state index in [4.69, 9.17) is 19.3 Å². The molecule has 0 fully saturated rings. The Hall–Kier alpha value is -3.56. The number of amides is 2. The highest BCUT2D eigenvalue weighted by molar-refractivity contribution is 5.98. The van der Waals surface area contributed by atoms with Crippen molar-refractivity contribution in [2.24, 2.45) is 0 Å². The molecular weight excluding hydrogens is 446 g/mol. The van der Waals surface area contributed by atoms with Gasteiger partial charge in [-0.25, -0.2) is 19.3 Å². The number of carbonyl (C=O) groups excluding carboxylic acids is 3. The van der Waals surface area contributed by atoms with Gasteiger partial charge in [-0.1, -0.05) is 32.8 Å². The smallest absolute Gasteiger partial charge is 0.419 e. The highest BCUT2D eigenvalue weighted by atomic mass is 16.6. The zero-order valence-corrected chi connectivity index (χ0v) is 20.1. The molecule has 2 amide bonds. The molecule has 0 aliphatic heterocycles. The minimum absolute atomic E-state index is 0.107. The summed E-state index contributed by atoms with van der Waals surface area (Å²) >= 11 is 0. The van der Waals surface area contributed by atoms with Crippen LogP contribution in [0.1, 0.15) is 57.1 Å². The lowest BCUT2D eigenvalue weighted by molar-refractivity contribution is -0.141. The molecule has 188 valence electrons. The third kappa shape index (κ3) is 9.51. The van der Waals surface area contributed by atoms with Crippen LogP contribution in [0.2, 0.25) is 0 Å². The van der Waals surface area contributed by atoms with Crippen LogP contribution in [0.5, 0.6) is 5.75 Å². The van der Waals surface area contributed by atoms with Gasteiger partial charge in [0.25, 0.3) is 0 Å². The fourth-order valence-corrected chi connectivity index (χ4v) is 2.79. The molecule has 1 aromatic rings. The Kier molecular flexibility index (Phi) is 12.8. The average molecular weight is 480 g/mol. The number of ether oxygens (including phenoxy) is 4. The molecule has 1 rings (SSSR count). The van der Waals surface area contributed by atoms with Crippen LogP contribution >= 0.6 is 0 Å². The van der Waals surface area contributed by atoms with Gasteiger partial charge in [0.05, 0.1) is 40.4 Å². The number of carboxylic acid groups (broad SMARTS) is 1. The second kappa shape index (κ2) is 15.3. The summed E-state index contributed by atoms with van der Waals surface area (Å²) in [6, 6.07) is 4.77. The topological polar surface area (TPSA) is 129 Å². The summed E-state index contributed by atoms with van der Waals surface area (Å²) in [7, 11) is 2.60. The quantitative estimate of drug-likeness (QED) is 0.189. The number of imide groups is 1. The molecule has 0 atom stereocenters. The molecule has 0 unspecified atom stereocenters. The van der Waals surface area contributed by atoms with Crippen molar-refractivity contribution in [1.29, 1.82) is 0 Å². The maximum Gasteiger partial charge on any atom is 0.419 e. The number of unbranched alkanes of at least 4 members (excludes halogenated alkanes) is 2. The lowest BCUT2D eigenvalue weighted by atomic mass is 10.0. The Bertz CT molecular complexity index is 857. The third-order valence-electron chi connectivity index (χ3n) is 4.69. The minimum Gasteiger partial charge on any atom is -0.497 e. The van der Waals surface area contributed by atoms with Gasteiger partial charge in [0.1, 0.15) is 5.75 Å². The minimum atomic E-state index is -1.22. The third-order valence-corrected chi connectivity index (χ3v) is 4.69. The van der Waals surface area contributed by atoms with Gasteiger partial charge in [0, 0.05) is 5.57 Å². The number of benzene rings is 1. The molecule has 1 N–H and O–H groups in total. The lowest BCUT2D eigenvalue weighted by Crippen LogP contribution is -2.37. The number of carboxylic acids is 1. The highest BCUT2D eigenvalue weighted by Gasteiger charge is 2.26. The Morgan fingerprint density at radius 1 is 0.971 bits per heavy atom. The molecule has 0 saturated heterocycles. The van der Waals surface area contributed by atoms with Crippen LogP contribution in [0.15, 0.2) is 23.8 Å². The average Bonchev–Trinajstić information content (AvgIpc) is 2.82. The molecule has 0 bridgehead atoms. The number of rotatable bonds is 13. The van der Waals surface area contributed by atoms with Crippen LogP contribution in [0.3, 0.4) is 0 Å². The molecule has 1 aromatic carbocycles. The van der Waals surface area contributed by atoms with Crippen molar-refractivity contribution >= 4 is 30.2 Å². The van der Waals surface area contributed by atoms with Crippen LogP contribution in [-0.4, -0.2) is 61.6 Å². The molecule has 0 aliphatic carbocycles. The first-order chi connectivity index (χ1) is 16.3. The number of hydrogen-bond donors (Lipinski definition) is 1. The Labute approximate surface area is 199 Å². The number of carbonyl (C=O) groups is 4. The molecule has 34 heavy (non-hydrogen) atoms. The number of aliphatic carboxylic acids is 1. The van der Waals surface area contributed by atoms with E-state index in [9.17, 15) is 19.2 Å². The van der Waals surface area contributed by atoms with Crippen molar-refractivity contribution in [2.45, 2.75) is 52.5 Å². The monoisotopic (exact) mass is 479 g/mol. The summed E-state index contributed by atoms with van der Waals surface area (Å²) in [4.78, 5) is 49.5. The van der Waals surface area contributed by atoms with Crippen LogP contribution in [0.4, 0.5) is 9.59 Å². The number of methoxy groups -OCH3 is 2. The molecule has 0 radical (unpaired) electrons. The summed E-state index contributed by atoms with van der Waals surface area (Å²) in [6.07, 6.45) is 1.91. The molecule has 0 aliphatic rings. The number of nitrogens with zero attached hydrogens (tertiary/aromatic N) is 1. The maximum absolute atomic E-state index is 12.7. The molecular formula is C24H33NO9. The van der Waals surface area contributed by atoms with Crippen LogP contribution < -0.4 is 4.74 Å². The second-order valence-electron chi connectivity index (χ2n) is 7.32. The van der Waals surface area contributed by atoms with E-state index in [0.29, 0.717) is 29.7 Å². The molecule has 0 heterocycles. The largest absolute Gasteiger partial charge is 0.497 e. The highest BCUT2D eigenvalue weighted by Crippen LogP contribution is 2.24. The van der Waals surface area contributed by atoms with E-state index in [0.717, 1.165) is 24.9 Å². The summed E-state index contributed by atoms with van der Waals surface area (Å²) in [5.41, 5.74) is 0.699. The van der Waals surface area contributed by atoms with Gasteiger partial charge in [0.2, 0.25) is 0 Å². The van der Waals surface area contributed by atoms with Crippen LogP contribution in [-0.2, 0) is 30.3 Å². The molecule has 10 heteroatoms. The number of hydrogen-bond acceptors (Lipinski definition) is 8. The molecule has 0 spiro atoms. The molecule has 0 saturated carbocycles. The predicted molar refractivity (Wildman–Crippen MR) is 123 cm³/mol. The van der Waals surface area contributed by atoms with Crippen molar-refractivity contribution in [3.8, 4) is 5.75 Å². The van der Waals surface area contributed by atoms with E-state index in [-0.39, 0.29) is 25.3 Å². The van der Waals surface area contributed by atoms with E-state index in [2.05, 4.69) is 4.74 Å². The van der Waals surface area contributed by atoms with Gasteiger partial charge in [-0.05, 0) is 42.2 Å². The second-order valence-corrected chi connectivity index (χ2v) is 7.32. The van der Waals surface area contributed by atoms with Crippen molar-refractivity contribution in [2.75, 3.05) is 27.4 Å². The standard InChI is InChI=1S/C24H33NO9/c1-5-7-11-33-23(29)25(24(30)34-12-8-6-2)16-19-14-20(31-3)10-9-17(19)13-18(15-21(26)27)22(28)32-4/h9-10,13-14H,5-8,11-12,15-16H2,1-4H3,(H,26,27). The first kappa shape index (κ1) is 28.5. The van der Waals surface area contributed by atoms with E-state index >= 15 is 0 Å². The van der Waals surface area contributed by atoms with Crippen molar-refractivity contribution in [3.63, 3.8) is 0 Å². The van der Waals surface area contributed by atoms with Gasteiger partial charge in [-0.3, -0.25) is 4.79 Å². The SMILES string of the molecule is CCCCOC(=O)N(Cc1cc(OC)ccc1C=C(CC(=O)O)C(=O)OC)C(=O)OCCCC. The summed E-state index contributed by atoms with van der Waals surface area (Å²) < 4.78 is 20.4. The van der Waals surface area contributed by atoms with Gasteiger partial charge in [-0.2, -0.15) is 0 Å². The zero-order valence-electron chi connectivity index (χ0n) is 20.1. The van der Waals surface area contributed by atoms with Crippen molar-refractivity contribution in [1.82, 2.24) is 4.90 Å². The van der Waals surface area contributed by atoms with E-state index < -0.39 is 30.5 Å². The van der Waals surface area contributed by atoms with E-state index in [1.165, 1.54) is 13.2 Å². The Morgan fingerprint density at radius 2 is 1.56 bits per heavy atom. The maximum atomic E-state index is 12.7. The van der Waals surface area contributed by atoms with Gasteiger partial charge >= 0.3 is 24.1 Å². The van der Waals surface area contributed by atoms with Gasteiger partial charge in [-0.15, -0.1) is 0 Å². The summed E-state index contributed by atoms with van der Waals surface area (Å²) in [6.45, 7) is 3.92. The summed E-state index contributed by atoms with van der Waals surface area (Å²) in [5.74, 6) is -1.59. The normalized spacial score (nSPS) is 10.9. The number of esters is 1. The van der Waals surface area contributed by atoms with E-state index in [1.807, 2.05) is 13.8 Å². The van der Waals surface area contributed by atoms with Gasteiger partial charge < -0.3 is 24.1 Å². The zero-order chi connectivity index (χ0) is 25.5. The molecule has 10 nitrogen and oxygen atoms in total. The van der Waals surface area contributed by atoms with Crippen molar-refractivity contribution < 1.29 is 43.2 Å².